The molecule has 1 aromatic heterocycles. The van der Waals surface area contributed by atoms with Crippen LogP contribution < -0.4 is 0 Å². The molecule has 0 unspecified atom stereocenters. The molecule has 1 aromatic carbocycles. The Balaban J connectivity index is 1.94. The first-order chi connectivity index (χ1) is 11.1. The summed E-state index contributed by atoms with van der Waals surface area (Å²) in [4.78, 5) is 15.9. The van der Waals surface area contributed by atoms with Gasteiger partial charge >= 0.3 is 5.97 Å². The number of hydrogen-bond donors (Lipinski definition) is 0. The van der Waals surface area contributed by atoms with Gasteiger partial charge in [0, 0.05) is 5.38 Å². The summed E-state index contributed by atoms with van der Waals surface area (Å²) in [6, 6.07) is 10.5. The van der Waals surface area contributed by atoms with Crippen molar-refractivity contribution in [1.29, 1.82) is 5.26 Å². The number of esters is 1. The van der Waals surface area contributed by atoms with Crippen LogP contribution in [0.4, 0.5) is 0 Å². The molecule has 2 aromatic rings. The van der Waals surface area contributed by atoms with Crippen molar-refractivity contribution in [3.63, 3.8) is 0 Å². The highest BCUT2D eigenvalue weighted by Crippen LogP contribution is 2.28. The van der Waals surface area contributed by atoms with E-state index in [-0.39, 0.29) is 17.6 Å². The number of thiazole rings is 1. The second-order valence-corrected chi connectivity index (χ2v) is 7.32. The molecule has 120 valence electrons. The minimum absolute atomic E-state index is 0.181. The van der Waals surface area contributed by atoms with Crippen molar-refractivity contribution in [3.05, 3.63) is 46.5 Å². The van der Waals surface area contributed by atoms with E-state index < -0.39 is 0 Å². The van der Waals surface area contributed by atoms with Gasteiger partial charge in [-0.3, -0.25) is 4.79 Å². The van der Waals surface area contributed by atoms with Crippen LogP contribution in [0, 0.1) is 18.3 Å². The van der Waals surface area contributed by atoms with Gasteiger partial charge in [0.25, 0.3) is 0 Å². The molecule has 0 aliphatic rings. The fourth-order valence-corrected chi connectivity index (χ4v) is 3.96. The first kappa shape index (κ1) is 17.5. The van der Waals surface area contributed by atoms with Crippen LogP contribution in [0.15, 0.2) is 34.0 Å². The third-order valence-corrected chi connectivity index (χ3v) is 5.20. The Morgan fingerprint density at radius 2 is 2.17 bits per heavy atom. The predicted molar refractivity (Wildman–Crippen MR) is 92.6 cm³/mol. The maximum atomic E-state index is 11.5. The second-order valence-electron chi connectivity index (χ2n) is 5.01. The summed E-state index contributed by atoms with van der Waals surface area (Å²) < 4.78 is 5.72. The van der Waals surface area contributed by atoms with Gasteiger partial charge in [-0.05, 0) is 25.8 Å². The molecule has 1 heterocycles. The molecule has 0 aliphatic heterocycles. The van der Waals surface area contributed by atoms with Crippen molar-refractivity contribution in [2.24, 2.45) is 0 Å². The van der Waals surface area contributed by atoms with Gasteiger partial charge in [0.1, 0.15) is 5.25 Å². The summed E-state index contributed by atoms with van der Waals surface area (Å²) in [5.74, 6) is -0.272. The smallest absolute Gasteiger partial charge is 0.311 e. The molecule has 0 fully saturated rings. The highest BCUT2D eigenvalue weighted by Gasteiger charge is 2.15. The average molecular weight is 346 g/mol. The number of hydrogen-bond acceptors (Lipinski definition) is 6. The van der Waals surface area contributed by atoms with Crippen LogP contribution in [0.25, 0.3) is 0 Å². The number of ether oxygens (including phenoxy) is 1. The normalized spacial score (nSPS) is 11.7. The Hall–Kier alpha value is -1.84. The molecule has 1 atom stereocenters. The zero-order valence-corrected chi connectivity index (χ0v) is 14.7. The van der Waals surface area contributed by atoms with E-state index in [0.717, 1.165) is 9.90 Å². The van der Waals surface area contributed by atoms with E-state index in [1.54, 1.807) is 6.92 Å². The van der Waals surface area contributed by atoms with E-state index in [1.165, 1.54) is 28.7 Å². The lowest BCUT2D eigenvalue weighted by Gasteiger charge is -2.07. The number of benzene rings is 1. The van der Waals surface area contributed by atoms with Gasteiger partial charge in [0.2, 0.25) is 0 Å². The van der Waals surface area contributed by atoms with Crippen molar-refractivity contribution in [2.45, 2.75) is 36.3 Å². The van der Waals surface area contributed by atoms with Crippen LogP contribution in [-0.4, -0.2) is 22.8 Å². The quantitative estimate of drug-likeness (QED) is 0.564. The van der Waals surface area contributed by atoms with E-state index in [0.29, 0.717) is 18.7 Å². The molecule has 0 radical (unpaired) electrons. The molecule has 2 rings (SSSR count). The number of aromatic nitrogens is 1. The van der Waals surface area contributed by atoms with Gasteiger partial charge in [-0.25, -0.2) is 4.98 Å². The lowest BCUT2D eigenvalue weighted by molar-refractivity contribution is -0.142. The number of carbonyl (C=O) groups is 1. The Bertz CT molecular complexity index is 689. The van der Waals surface area contributed by atoms with Crippen LogP contribution in [-0.2, 0) is 22.4 Å². The van der Waals surface area contributed by atoms with Gasteiger partial charge in [-0.15, -0.1) is 11.3 Å². The van der Waals surface area contributed by atoms with Crippen LogP contribution >= 0.6 is 23.1 Å². The van der Waals surface area contributed by atoms with E-state index in [2.05, 4.69) is 23.2 Å². The molecular formula is C17H18N2O2S2. The summed E-state index contributed by atoms with van der Waals surface area (Å²) >= 11 is 2.90. The maximum Gasteiger partial charge on any atom is 0.311 e. The van der Waals surface area contributed by atoms with E-state index in [9.17, 15) is 10.1 Å². The predicted octanol–water partition coefficient (Wildman–Crippen LogP) is 3.78. The zero-order chi connectivity index (χ0) is 16.7. The highest BCUT2D eigenvalue weighted by atomic mass is 32.2. The number of carbonyl (C=O) groups excluding carboxylic acids is 1. The molecule has 0 saturated carbocycles. The molecule has 0 spiro atoms. The summed E-state index contributed by atoms with van der Waals surface area (Å²) in [7, 11) is 0. The first-order valence-electron chi connectivity index (χ1n) is 7.32. The summed E-state index contributed by atoms with van der Waals surface area (Å²) in [5, 5.41) is 11.0. The molecule has 0 amide bonds. The molecule has 0 bridgehead atoms. The average Bonchev–Trinajstić information content (AvgIpc) is 2.96. The molecule has 0 saturated heterocycles. The summed E-state index contributed by atoms with van der Waals surface area (Å²) in [6.07, 6.45) is 0.855. The first-order valence-corrected chi connectivity index (χ1v) is 9.08. The number of aryl methyl sites for hydroxylation is 1. The summed E-state index contributed by atoms with van der Waals surface area (Å²) in [5.41, 5.74) is 3.04. The van der Waals surface area contributed by atoms with Crippen molar-refractivity contribution in [3.8, 4) is 6.07 Å². The van der Waals surface area contributed by atoms with Gasteiger partial charge in [0.15, 0.2) is 4.34 Å². The van der Waals surface area contributed by atoms with Crippen LogP contribution in [0.2, 0.25) is 0 Å². The number of rotatable bonds is 7. The zero-order valence-electron chi connectivity index (χ0n) is 13.1. The second kappa shape index (κ2) is 8.70. The van der Waals surface area contributed by atoms with Crippen molar-refractivity contribution in [1.82, 2.24) is 4.98 Å². The maximum absolute atomic E-state index is 11.5. The number of thioether (sulfide) groups is 1. The highest BCUT2D eigenvalue weighted by molar-refractivity contribution is 8.01. The molecule has 23 heavy (non-hydrogen) atoms. The minimum Gasteiger partial charge on any atom is -0.466 e. The van der Waals surface area contributed by atoms with Crippen molar-refractivity contribution in [2.75, 3.05) is 6.61 Å². The SMILES string of the molecule is CCOC(=O)Cc1csc(S[C@@H](C#N)Cc2ccc(C)cc2)n1. The summed E-state index contributed by atoms with van der Waals surface area (Å²) in [6.45, 7) is 4.20. The van der Waals surface area contributed by atoms with Crippen LogP contribution in [0.5, 0.6) is 0 Å². The molecule has 4 nitrogen and oxygen atoms in total. The molecular weight excluding hydrogens is 328 g/mol. The fourth-order valence-electron chi connectivity index (χ4n) is 1.96. The van der Waals surface area contributed by atoms with Crippen molar-refractivity contribution < 1.29 is 9.53 Å². The van der Waals surface area contributed by atoms with E-state index in [4.69, 9.17) is 4.74 Å². The monoisotopic (exact) mass is 346 g/mol. The van der Waals surface area contributed by atoms with Crippen LogP contribution in [0.3, 0.4) is 0 Å². The lowest BCUT2D eigenvalue weighted by Crippen LogP contribution is -2.07. The van der Waals surface area contributed by atoms with E-state index in [1.807, 2.05) is 24.4 Å². The van der Waals surface area contributed by atoms with Crippen molar-refractivity contribution >= 4 is 29.1 Å². The molecule has 6 heteroatoms. The Kier molecular flexibility index (Phi) is 6.63. The Labute approximate surface area is 144 Å². The van der Waals surface area contributed by atoms with Gasteiger partial charge in [-0.2, -0.15) is 5.26 Å². The molecule has 0 N–H and O–H groups in total. The Morgan fingerprint density at radius 1 is 1.43 bits per heavy atom. The topological polar surface area (TPSA) is 63.0 Å². The van der Waals surface area contributed by atoms with Gasteiger partial charge in [-0.1, -0.05) is 41.6 Å². The molecule has 0 aliphatic carbocycles. The number of nitrogens with zero attached hydrogens (tertiary/aromatic N) is 2. The minimum atomic E-state index is -0.272. The largest absolute Gasteiger partial charge is 0.466 e. The van der Waals surface area contributed by atoms with E-state index >= 15 is 0 Å². The van der Waals surface area contributed by atoms with Gasteiger partial charge in [0.05, 0.1) is 24.8 Å². The third-order valence-electron chi connectivity index (χ3n) is 3.09. The van der Waals surface area contributed by atoms with Crippen LogP contribution in [0.1, 0.15) is 23.7 Å². The Morgan fingerprint density at radius 3 is 2.83 bits per heavy atom. The standard InChI is InChI=1S/C17H18N2O2S2/c1-3-21-16(20)9-14-11-22-17(19-14)23-15(10-18)8-13-6-4-12(2)5-7-13/h4-7,11,15H,3,8-9H2,1-2H3/t15-/m1/s1. The fraction of sp³-hybridized carbons (Fsp3) is 0.353. The number of nitriles is 1. The van der Waals surface area contributed by atoms with Gasteiger partial charge < -0.3 is 4.74 Å². The lowest BCUT2D eigenvalue weighted by atomic mass is 10.1. The third kappa shape index (κ3) is 5.70.